The molecule has 0 spiro atoms. The maximum Gasteiger partial charge on any atom is 0.417 e. The van der Waals surface area contributed by atoms with Gasteiger partial charge < -0.3 is 4.74 Å². The molecule has 0 aliphatic carbocycles. The summed E-state index contributed by atoms with van der Waals surface area (Å²) in [5.41, 5.74) is 4.52. The van der Waals surface area contributed by atoms with Gasteiger partial charge in [-0.15, -0.1) is 0 Å². The van der Waals surface area contributed by atoms with Gasteiger partial charge in [-0.3, -0.25) is 9.59 Å². The van der Waals surface area contributed by atoms with Gasteiger partial charge in [-0.2, -0.15) is 0 Å². The smallest absolute Gasteiger partial charge is 0.417 e. The maximum absolute atomic E-state index is 14.0. The molecule has 4 rings (SSSR count). The quantitative estimate of drug-likeness (QED) is 0.311. The van der Waals surface area contributed by atoms with Gasteiger partial charge in [0.05, 0.1) is 12.0 Å². The van der Waals surface area contributed by atoms with Crippen molar-refractivity contribution in [3.63, 3.8) is 0 Å². The van der Waals surface area contributed by atoms with Crippen molar-refractivity contribution in [2.24, 2.45) is 5.41 Å². The second-order valence-electron chi connectivity index (χ2n) is 11.0. The van der Waals surface area contributed by atoms with Crippen LogP contribution in [0, 0.1) is 5.41 Å². The lowest BCUT2D eigenvalue weighted by Gasteiger charge is -2.25. The fourth-order valence-corrected chi connectivity index (χ4v) is 4.58. The number of hydrogen-bond acceptors (Lipinski definition) is 4. The number of benzene rings is 3. The third-order valence-electron chi connectivity index (χ3n) is 6.73. The van der Waals surface area contributed by atoms with Crippen LogP contribution in [0.2, 0.25) is 0 Å². The Hall–Kier alpha value is -3.99. The predicted molar refractivity (Wildman–Crippen MR) is 150 cm³/mol. The number of ether oxygens (including phenoxy) is 1. The molecule has 5 nitrogen and oxygen atoms in total. The summed E-state index contributed by atoms with van der Waals surface area (Å²) in [5.74, 6) is -0.864. The van der Waals surface area contributed by atoms with Crippen molar-refractivity contribution in [1.29, 1.82) is 0 Å². The molecule has 1 saturated heterocycles. The SMILES string of the molecule is CC(=O)c1ccc(C[C@@H](C(=O)N2C(=O)OC[C@H]2Cc2ccccc2)c2ccc(/C=C/C(C)(C)C)cc2)cc1. The summed E-state index contributed by atoms with van der Waals surface area (Å²) in [6, 6.07) is 24.7. The number of nitrogens with zero attached hydrogens (tertiary/aromatic N) is 1. The minimum atomic E-state index is -0.599. The van der Waals surface area contributed by atoms with Gasteiger partial charge in [0.15, 0.2) is 5.78 Å². The molecule has 0 bridgehead atoms. The summed E-state index contributed by atoms with van der Waals surface area (Å²) >= 11 is 0. The predicted octanol–water partition coefficient (Wildman–Crippen LogP) is 6.86. The third kappa shape index (κ3) is 6.86. The molecular formula is C33H35NO4. The molecule has 0 N–H and O–H groups in total. The van der Waals surface area contributed by atoms with E-state index in [0.717, 1.165) is 22.3 Å². The molecule has 0 saturated carbocycles. The number of carbonyl (C=O) groups is 3. The summed E-state index contributed by atoms with van der Waals surface area (Å²) in [6.07, 6.45) is 4.56. The van der Waals surface area contributed by atoms with Crippen LogP contribution < -0.4 is 0 Å². The molecule has 1 aliphatic rings. The van der Waals surface area contributed by atoms with E-state index < -0.39 is 12.0 Å². The normalized spacial score (nSPS) is 16.5. The Morgan fingerprint density at radius 3 is 2.21 bits per heavy atom. The minimum absolute atomic E-state index is 0.00774. The first-order valence-corrected chi connectivity index (χ1v) is 13.0. The first-order valence-electron chi connectivity index (χ1n) is 13.0. The van der Waals surface area contributed by atoms with E-state index in [9.17, 15) is 14.4 Å². The molecule has 38 heavy (non-hydrogen) atoms. The molecule has 196 valence electrons. The van der Waals surface area contributed by atoms with Crippen molar-refractivity contribution in [1.82, 2.24) is 4.90 Å². The van der Waals surface area contributed by atoms with Crippen LogP contribution in [0.3, 0.4) is 0 Å². The average molecular weight is 510 g/mol. The zero-order chi connectivity index (χ0) is 27.3. The molecule has 2 atom stereocenters. The van der Waals surface area contributed by atoms with Gasteiger partial charge in [0, 0.05) is 5.56 Å². The standard InChI is InChI=1S/C33H35NO4/c1-23(35)27-14-12-26(13-15-27)21-30(28-16-10-24(11-17-28)18-19-33(2,3)4)31(36)34-29(22-38-32(34)37)20-25-8-6-5-7-9-25/h5-19,29-30H,20-22H2,1-4H3/b19-18+/t29-,30-/m1/s1. The van der Waals surface area contributed by atoms with Gasteiger partial charge in [0.25, 0.3) is 0 Å². The first kappa shape index (κ1) is 27.1. The number of Topliss-reactive ketones (excluding diaryl/α,β-unsaturated/α-hetero) is 1. The van der Waals surface area contributed by atoms with Crippen molar-refractivity contribution in [2.45, 2.75) is 52.5 Å². The summed E-state index contributed by atoms with van der Waals surface area (Å²) in [4.78, 5) is 39.9. The van der Waals surface area contributed by atoms with E-state index >= 15 is 0 Å². The molecule has 0 unspecified atom stereocenters. The van der Waals surface area contributed by atoms with E-state index in [1.165, 1.54) is 11.8 Å². The Morgan fingerprint density at radius 1 is 0.947 bits per heavy atom. The lowest BCUT2D eigenvalue weighted by atomic mass is 9.89. The molecule has 3 aromatic carbocycles. The summed E-state index contributed by atoms with van der Waals surface area (Å²) in [6.45, 7) is 8.14. The fraction of sp³-hybridized carbons (Fsp3) is 0.303. The maximum atomic E-state index is 14.0. The van der Waals surface area contributed by atoms with Gasteiger partial charge >= 0.3 is 6.09 Å². The number of carbonyl (C=O) groups excluding carboxylic acids is 3. The average Bonchev–Trinajstić information content (AvgIpc) is 3.26. The number of rotatable bonds is 8. The van der Waals surface area contributed by atoms with Crippen molar-refractivity contribution < 1.29 is 19.1 Å². The van der Waals surface area contributed by atoms with Crippen LogP contribution in [0.1, 0.15) is 66.2 Å². The fourth-order valence-electron chi connectivity index (χ4n) is 4.58. The highest BCUT2D eigenvalue weighted by molar-refractivity contribution is 5.97. The highest BCUT2D eigenvalue weighted by atomic mass is 16.6. The summed E-state index contributed by atoms with van der Waals surface area (Å²) in [5, 5.41) is 0. The van der Waals surface area contributed by atoms with Crippen LogP contribution in [0.5, 0.6) is 0 Å². The molecule has 5 heteroatoms. The number of hydrogen-bond donors (Lipinski definition) is 0. The Morgan fingerprint density at radius 2 is 1.61 bits per heavy atom. The summed E-state index contributed by atoms with van der Waals surface area (Å²) in [7, 11) is 0. The zero-order valence-corrected chi connectivity index (χ0v) is 22.5. The molecule has 0 radical (unpaired) electrons. The van der Waals surface area contributed by atoms with E-state index in [2.05, 4.69) is 32.9 Å². The number of imide groups is 1. The van der Waals surface area contributed by atoms with Crippen molar-refractivity contribution in [2.75, 3.05) is 6.61 Å². The van der Waals surface area contributed by atoms with Crippen LogP contribution in [0.15, 0.2) is 84.9 Å². The number of cyclic esters (lactones) is 1. The van der Waals surface area contributed by atoms with Gasteiger partial charge in [0.2, 0.25) is 5.91 Å². The molecular weight excluding hydrogens is 474 g/mol. The van der Waals surface area contributed by atoms with Crippen molar-refractivity contribution >= 4 is 23.9 Å². The largest absolute Gasteiger partial charge is 0.447 e. The van der Waals surface area contributed by atoms with E-state index in [4.69, 9.17) is 4.74 Å². The topological polar surface area (TPSA) is 63.7 Å². The molecule has 1 aliphatic heterocycles. The first-order chi connectivity index (χ1) is 18.1. The third-order valence-corrected chi connectivity index (χ3v) is 6.73. The molecule has 3 aromatic rings. The molecule has 1 fully saturated rings. The van der Waals surface area contributed by atoms with Crippen LogP contribution in [0.25, 0.3) is 6.08 Å². The Labute approximate surface area is 225 Å². The van der Waals surface area contributed by atoms with Crippen molar-refractivity contribution in [3.05, 3.63) is 113 Å². The lowest BCUT2D eigenvalue weighted by molar-refractivity contribution is -0.130. The van der Waals surface area contributed by atoms with Gasteiger partial charge in [-0.05, 0) is 47.4 Å². The Balaban J connectivity index is 1.64. The zero-order valence-electron chi connectivity index (χ0n) is 22.5. The van der Waals surface area contributed by atoms with E-state index in [1.54, 1.807) is 12.1 Å². The van der Waals surface area contributed by atoms with Gasteiger partial charge in [-0.25, -0.2) is 9.69 Å². The van der Waals surface area contributed by atoms with Crippen LogP contribution in [-0.4, -0.2) is 35.3 Å². The lowest BCUT2D eigenvalue weighted by Crippen LogP contribution is -2.43. The number of amides is 2. The van der Waals surface area contributed by atoms with Crippen LogP contribution in [0.4, 0.5) is 4.79 Å². The van der Waals surface area contributed by atoms with Crippen LogP contribution in [-0.2, 0) is 22.4 Å². The molecule has 2 amide bonds. The minimum Gasteiger partial charge on any atom is -0.447 e. The molecule has 1 heterocycles. The van der Waals surface area contributed by atoms with Crippen LogP contribution >= 0.6 is 0 Å². The van der Waals surface area contributed by atoms with E-state index in [1.807, 2.05) is 66.7 Å². The van der Waals surface area contributed by atoms with E-state index in [0.29, 0.717) is 18.4 Å². The second kappa shape index (κ2) is 11.6. The second-order valence-corrected chi connectivity index (χ2v) is 11.0. The summed E-state index contributed by atoms with van der Waals surface area (Å²) < 4.78 is 5.35. The van der Waals surface area contributed by atoms with Crippen molar-refractivity contribution in [3.8, 4) is 0 Å². The highest BCUT2D eigenvalue weighted by Gasteiger charge is 2.41. The van der Waals surface area contributed by atoms with Gasteiger partial charge in [0.1, 0.15) is 6.61 Å². The highest BCUT2D eigenvalue weighted by Crippen LogP contribution is 2.29. The molecule has 0 aromatic heterocycles. The number of allylic oxidation sites excluding steroid dienone is 1. The monoisotopic (exact) mass is 509 g/mol. The Kier molecular flexibility index (Phi) is 8.26. The number of ketones is 1. The Bertz CT molecular complexity index is 1300. The van der Waals surface area contributed by atoms with Gasteiger partial charge in [-0.1, -0.05) is 112 Å². The van der Waals surface area contributed by atoms with E-state index in [-0.39, 0.29) is 29.8 Å².